The highest BCUT2D eigenvalue weighted by Gasteiger charge is 2.09. The number of rotatable bonds is 3. The molecule has 104 valence electrons. The third kappa shape index (κ3) is 3.14. The average Bonchev–Trinajstić information content (AvgIpc) is 2.44. The molecule has 0 amide bonds. The van der Waals surface area contributed by atoms with Crippen molar-refractivity contribution < 1.29 is 14.3 Å². The fourth-order valence-electron chi connectivity index (χ4n) is 1.66. The lowest BCUT2D eigenvalue weighted by Crippen LogP contribution is -2.04. The number of carbonyl (C=O) groups is 1. The van der Waals surface area contributed by atoms with Gasteiger partial charge in [-0.3, -0.25) is 0 Å². The fraction of sp³-hybridized carbons (Fsp3) is 0.214. The van der Waals surface area contributed by atoms with Crippen LogP contribution in [-0.2, 0) is 4.74 Å². The Labute approximate surface area is 125 Å². The van der Waals surface area contributed by atoms with Crippen LogP contribution in [0, 0.1) is 13.8 Å². The van der Waals surface area contributed by atoms with Crippen LogP contribution in [0.3, 0.4) is 0 Å². The monoisotopic (exact) mass is 336 g/mol. The van der Waals surface area contributed by atoms with Crippen LogP contribution in [-0.4, -0.2) is 23.0 Å². The predicted octanol–water partition coefficient (Wildman–Crippen LogP) is 3.43. The minimum absolute atomic E-state index is 0.142. The molecular weight excluding hydrogens is 324 g/mol. The SMILES string of the molecule is COC(=O)c1cnc(Oc2cc(C)c(Br)c(C)c2)cn1. The van der Waals surface area contributed by atoms with Crippen molar-refractivity contribution in [1.82, 2.24) is 9.97 Å². The van der Waals surface area contributed by atoms with Gasteiger partial charge in [-0.05, 0) is 37.1 Å². The number of aromatic nitrogens is 2. The van der Waals surface area contributed by atoms with Crippen LogP contribution in [0.2, 0.25) is 0 Å². The molecule has 0 unspecified atom stereocenters. The van der Waals surface area contributed by atoms with Gasteiger partial charge in [0.2, 0.25) is 5.88 Å². The number of methoxy groups -OCH3 is 1. The summed E-state index contributed by atoms with van der Waals surface area (Å²) in [6.07, 6.45) is 2.71. The largest absolute Gasteiger partial charge is 0.464 e. The molecule has 0 N–H and O–H groups in total. The maximum absolute atomic E-state index is 11.2. The first kappa shape index (κ1) is 14.5. The zero-order valence-electron chi connectivity index (χ0n) is 11.3. The van der Waals surface area contributed by atoms with E-state index in [0.29, 0.717) is 11.6 Å². The molecule has 1 aromatic heterocycles. The first-order valence-corrected chi connectivity index (χ1v) is 6.65. The van der Waals surface area contributed by atoms with Crippen LogP contribution in [0.25, 0.3) is 0 Å². The zero-order chi connectivity index (χ0) is 14.7. The van der Waals surface area contributed by atoms with Crippen LogP contribution >= 0.6 is 15.9 Å². The van der Waals surface area contributed by atoms with Gasteiger partial charge in [0.1, 0.15) is 5.75 Å². The van der Waals surface area contributed by atoms with E-state index in [0.717, 1.165) is 15.6 Å². The molecular formula is C14H13BrN2O3. The molecule has 0 saturated carbocycles. The summed E-state index contributed by atoms with van der Waals surface area (Å²) in [5.41, 5.74) is 2.28. The molecule has 5 nitrogen and oxygen atoms in total. The van der Waals surface area contributed by atoms with E-state index in [-0.39, 0.29) is 5.69 Å². The molecule has 0 atom stereocenters. The molecule has 2 rings (SSSR count). The summed E-state index contributed by atoms with van der Waals surface area (Å²) in [4.78, 5) is 19.2. The first-order chi connectivity index (χ1) is 9.51. The highest BCUT2D eigenvalue weighted by molar-refractivity contribution is 9.10. The minimum Gasteiger partial charge on any atom is -0.464 e. The number of esters is 1. The zero-order valence-corrected chi connectivity index (χ0v) is 12.9. The van der Waals surface area contributed by atoms with Gasteiger partial charge in [-0.15, -0.1) is 0 Å². The molecule has 0 aliphatic rings. The van der Waals surface area contributed by atoms with Crippen molar-refractivity contribution in [3.63, 3.8) is 0 Å². The van der Waals surface area contributed by atoms with Crippen molar-refractivity contribution in [1.29, 1.82) is 0 Å². The minimum atomic E-state index is -0.528. The second kappa shape index (κ2) is 6.00. The van der Waals surface area contributed by atoms with E-state index in [1.807, 2.05) is 26.0 Å². The summed E-state index contributed by atoms with van der Waals surface area (Å²) < 4.78 is 11.2. The normalized spacial score (nSPS) is 10.2. The van der Waals surface area contributed by atoms with Crippen molar-refractivity contribution in [3.8, 4) is 11.6 Å². The Bertz CT molecular complexity index is 618. The van der Waals surface area contributed by atoms with E-state index in [1.54, 1.807) is 0 Å². The number of benzene rings is 1. The molecule has 0 spiro atoms. The number of ether oxygens (including phenoxy) is 2. The summed E-state index contributed by atoms with van der Waals surface area (Å²) in [6.45, 7) is 3.96. The molecule has 0 saturated heterocycles. The van der Waals surface area contributed by atoms with Gasteiger partial charge < -0.3 is 9.47 Å². The van der Waals surface area contributed by atoms with Crippen LogP contribution in [0.5, 0.6) is 11.6 Å². The number of hydrogen-bond donors (Lipinski definition) is 0. The predicted molar refractivity (Wildman–Crippen MR) is 77.1 cm³/mol. The van der Waals surface area contributed by atoms with Gasteiger partial charge in [0.05, 0.1) is 19.5 Å². The van der Waals surface area contributed by atoms with Gasteiger partial charge in [-0.2, -0.15) is 0 Å². The smallest absolute Gasteiger partial charge is 0.358 e. The Hall–Kier alpha value is -1.95. The van der Waals surface area contributed by atoms with E-state index < -0.39 is 5.97 Å². The third-order valence-electron chi connectivity index (χ3n) is 2.66. The summed E-state index contributed by atoms with van der Waals surface area (Å²) in [5.74, 6) is 0.460. The molecule has 6 heteroatoms. The number of aryl methyl sites for hydroxylation is 2. The van der Waals surface area contributed by atoms with Crippen LogP contribution in [0.4, 0.5) is 0 Å². The lowest BCUT2D eigenvalue weighted by molar-refractivity contribution is 0.0593. The summed E-state index contributed by atoms with van der Waals surface area (Å²) in [7, 11) is 1.29. The quantitative estimate of drug-likeness (QED) is 0.803. The van der Waals surface area contributed by atoms with E-state index in [9.17, 15) is 4.79 Å². The highest BCUT2D eigenvalue weighted by atomic mass is 79.9. The summed E-state index contributed by atoms with van der Waals surface area (Å²) >= 11 is 3.50. The molecule has 0 aliphatic carbocycles. The van der Waals surface area contributed by atoms with E-state index in [4.69, 9.17) is 4.74 Å². The maximum Gasteiger partial charge on any atom is 0.358 e. The van der Waals surface area contributed by atoms with Gasteiger partial charge in [-0.1, -0.05) is 15.9 Å². The number of nitrogens with zero attached hydrogens (tertiary/aromatic N) is 2. The molecule has 20 heavy (non-hydrogen) atoms. The molecule has 1 aromatic carbocycles. The van der Waals surface area contributed by atoms with E-state index in [2.05, 4.69) is 30.6 Å². The highest BCUT2D eigenvalue weighted by Crippen LogP contribution is 2.28. The standard InChI is InChI=1S/C14H13BrN2O3/c1-8-4-10(5-9(2)13(8)15)20-12-7-16-11(6-17-12)14(18)19-3/h4-7H,1-3H3. The Kier molecular flexibility index (Phi) is 4.34. The van der Waals surface area contributed by atoms with Crippen molar-refractivity contribution in [3.05, 3.63) is 45.8 Å². The van der Waals surface area contributed by atoms with Crippen molar-refractivity contribution >= 4 is 21.9 Å². The summed E-state index contributed by atoms with van der Waals surface area (Å²) in [6, 6.07) is 3.79. The summed E-state index contributed by atoms with van der Waals surface area (Å²) in [5, 5.41) is 0. The molecule has 2 aromatic rings. The van der Waals surface area contributed by atoms with Gasteiger partial charge in [0.25, 0.3) is 0 Å². The van der Waals surface area contributed by atoms with Crippen molar-refractivity contribution in [2.24, 2.45) is 0 Å². The molecule has 0 radical (unpaired) electrons. The first-order valence-electron chi connectivity index (χ1n) is 5.86. The van der Waals surface area contributed by atoms with Crippen molar-refractivity contribution in [2.45, 2.75) is 13.8 Å². The Balaban J connectivity index is 2.20. The third-order valence-corrected chi connectivity index (χ3v) is 3.91. The molecule has 0 bridgehead atoms. The van der Waals surface area contributed by atoms with Gasteiger partial charge in [0.15, 0.2) is 5.69 Å². The molecule has 0 aliphatic heterocycles. The Morgan fingerprint density at radius 2 is 1.80 bits per heavy atom. The average molecular weight is 337 g/mol. The lowest BCUT2D eigenvalue weighted by atomic mass is 10.1. The van der Waals surface area contributed by atoms with Gasteiger partial charge in [-0.25, -0.2) is 14.8 Å². The Morgan fingerprint density at radius 3 is 2.30 bits per heavy atom. The molecule has 0 fully saturated rings. The number of halogens is 1. The van der Waals surface area contributed by atoms with Gasteiger partial charge >= 0.3 is 5.97 Å². The van der Waals surface area contributed by atoms with Crippen molar-refractivity contribution in [2.75, 3.05) is 7.11 Å². The fourth-order valence-corrected chi connectivity index (χ4v) is 1.89. The maximum atomic E-state index is 11.2. The lowest BCUT2D eigenvalue weighted by Gasteiger charge is -2.09. The second-order valence-corrected chi connectivity index (χ2v) is 5.00. The Morgan fingerprint density at radius 1 is 1.15 bits per heavy atom. The van der Waals surface area contributed by atoms with Crippen LogP contribution < -0.4 is 4.74 Å². The van der Waals surface area contributed by atoms with E-state index in [1.165, 1.54) is 19.5 Å². The number of carbonyl (C=O) groups excluding carboxylic acids is 1. The van der Waals surface area contributed by atoms with Crippen LogP contribution in [0.15, 0.2) is 29.0 Å². The topological polar surface area (TPSA) is 61.3 Å². The van der Waals surface area contributed by atoms with E-state index >= 15 is 0 Å². The molecule has 1 heterocycles. The van der Waals surface area contributed by atoms with Gasteiger partial charge in [0, 0.05) is 4.47 Å². The second-order valence-electron chi connectivity index (χ2n) is 4.20. The van der Waals surface area contributed by atoms with Crippen LogP contribution in [0.1, 0.15) is 21.6 Å². The number of hydrogen-bond acceptors (Lipinski definition) is 5.